The van der Waals surface area contributed by atoms with Gasteiger partial charge in [0.15, 0.2) is 0 Å². The Kier molecular flexibility index (Phi) is 3.53. The fraction of sp³-hybridized carbons (Fsp3) is 0.462. The molecule has 0 radical (unpaired) electrons. The van der Waals surface area contributed by atoms with Crippen LogP contribution in [-0.2, 0) is 4.74 Å². The van der Waals surface area contributed by atoms with Crippen LogP contribution in [0.25, 0.3) is 10.9 Å². The molecule has 0 aliphatic carbocycles. The fourth-order valence-corrected chi connectivity index (χ4v) is 3.10. The summed E-state index contributed by atoms with van der Waals surface area (Å²) in [7, 11) is 0. The summed E-state index contributed by atoms with van der Waals surface area (Å²) >= 11 is 9.30. The minimum absolute atomic E-state index is 0.0608. The molecule has 1 aliphatic rings. The van der Waals surface area contributed by atoms with Crippen LogP contribution in [0.4, 0.5) is 4.39 Å². The highest BCUT2D eigenvalue weighted by Gasteiger charge is 2.21. The smallest absolute Gasteiger partial charge is 0.150 e. The molecule has 2 aromatic rings. The number of hydrogen-bond acceptors (Lipinski definition) is 2. The van der Waals surface area contributed by atoms with E-state index in [0.717, 1.165) is 31.3 Å². The number of ether oxygens (including phenoxy) is 1. The van der Waals surface area contributed by atoms with Gasteiger partial charge in [-0.3, -0.25) is 0 Å². The Morgan fingerprint density at radius 3 is 3.00 bits per heavy atom. The zero-order valence-corrected chi connectivity index (χ0v) is 12.8. The van der Waals surface area contributed by atoms with E-state index in [2.05, 4.69) is 21.0 Å². The van der Waals surface area contributed by atoms with Crippen molar-refractivity contribution in [3.05, 3.63) is 27.1 Å². The van der Waals surface area contributed by atoms with Crippen LogP contribution >= 0.6 is 27.5 Å². The Hall–Kier alpha value is -0.650. The lowest BCUT2D eigenvalue weighted by molar-refractivity contribution is -0.0390. The van der Waals surface area contributed by atoms with Gasteiger partial charge < -0.3 is 4.74 Å². The first-order chi connectivity index (χ1) is 9.09. The van der Waals surface area contributed by atoms with Crippen LogP contribution in [0.3, 0.4) is 0 Å². The molecule has 2 heterocycles. The Balaban J connectivity index is 2.14. The van der Waals surface area contributed by atoms with Gasteiger partial charge >= 0.3 is 0 Å². The Labute approximate surface area is 123 Å². The van der Waals surface area contributed by atoms with Crippen molar-refractivity contribution in [3.63, 3.8) is 0 Å². The maximum absolute atomic E-state index is 13.9. The van der Waals surface area contributed by atoms with E-state index in [1.165, 1.54) is 0 Å². The van der Waals surface area contributed by atoms with E-state index in [1.54, 1.807) is 11.6 Å². The van der Waals surface area contributed by atoms with Gasteiger partial charge in [-0.1, -0.05) is 11.6 Å². The summed E-state index contributed by atoms with van der Waals surface area (Å²) in [4.78, 5) is 0. The second kappa shape index (κ2) is 5.04. The molecule has 0 amide bonds. The second-order valence-corrected chi connectivity index (χ2v) is 5.93. The summed E-state index contributed by atoms with van der Waals surface area (Å²) in [6.45, 7) is 2.44. The topological polar surface area (TPSA) is 27.1 Å². The summed E-state index contributed by atoms with van der Waals surface area (Å²) < 4.78 is 21.9. The lowest BCUT2D eigenvalue weighted by Gasteiger charge is -2.22. The molecule has 0 saturated carbocycles. The third-order valence-electron chi connectivity index (χ3n) is 3.49. The standard InChI is InChI=1S/C13H13BrClFN2O/c1-7-12(16)11(15)10(14)8-6-18(17-13(7)8)9-4-2-3-5-19-9/h6,9H,2-5H2,1H3. The SMILES string of the molecule is Cc1c(F)c(Cl)c(Br)c2cn(C3CCCCO3)nc12. The van der Waals surface area contributed by atoms with Crippen LogP contribution in [0.15, 0.2) is 10.7 Å². The highest BCUT2D eigenvalue weighted by Crippen LogP contribution is 2.36. The van der Waals surface area contributed by atoms with Gasteiger partial charge in [-0.2, -0.15) is 5.10 Å². The Morgan fingerprint density at radius 1 is 1.53 bits per heavy atom. The van der Waals surface area contributed by atoms with Crippen molar-refractivity contribution in [1.82, 2.24) is 9.78 Å². The van der Waals surface area contributed by atoms with E-state index in [1.807, 2.05) is 6.20 Å². The first kappa shape index (κ1) is 13.3. The van der Waals surface area contributed by atoms with Crippen LogP contribution < -0.4 is 0 Å². The third kappa shape index (κ3) is 2.18. The quantitative estimate of drug-likeness (QED) is 0.705. The number of hydrogen-bond donors (Lipinski definition) is 0. The molecule has 0 N–H and O–H groups in total. The molecule has 1 unspecified atom stereocenters. The lowest BCUT2D eigenvalue weighted by Crippen LogP contribution is -2.18. The van der Waals surface area contributed by atoms with Crippen molar-refractivity contribution in [2.24, 2.45) is 0 Å². The van der Waals surface area contributed by atoms with E-state index in [9.17, 15) is 4.39 Å². The van der Waals surface area contributed by atoms with Gasteiger partial charge in [0.25, 0.3) is 0 Å². The van der Waals surface area contributed by atoms with Crippen LogP contribution in [-0.4, -0.2) is 16.4 Å². The molecule has 1 fully saturated rings. The van der Waals surface area contributed by atoms with Crippen LogP contribution in [0.1, 0.15) is 31.1 Å². The molecule has 102 valence electrons. The van der Waals surface area contributed by atoms with Crippen molar-refractivity contribution in [2.75, 3.05) is 6.61 Å². The van der Waals surface area contributed by atoms with E-state index < -0.39 is 5.82 Å². The lowest BCUT2D eigenvalue weighted by atomic mass is 10.1. The molecule has 3 nitrogen and oxygen atoms in total. The molecule has 1 aromatic heterocycles. The van der Waals surface area contributed by atoms with E-state index in [0.29, 0.717) is 15.6 Å². The Bertz CT molecular complexity index is 592. The number of rotatable bonds is 1. The highest BCUT2D eigenvalue weighted by molar-refractivity contribution is 9.10. The molecule has 19 heavy (non-hydrogen) atoms. The fourth-order valence-electron chi connectivity index (χ4n) is 2.39. The van der Waals surface area contributed by atoms with Crippen LogP contribution in [0, 0.1) is 12.7 Å². The predicted molar refractivity (Wildman–Crippen MR) is 76.0 cm³/mol. The minimum atomic E-state index is -0.421. The highest BCUT2D eigenvalue weighted by atomic mass is 79.9. The average Bonchev–Trinajstić information content (AvgIpc) is 2.89. The maximum Gasteiger partial charge on any atom is 0.150 e. The first-order valence-corrected chi connectivity index (χ1v) is 7.40. The number of halogens is 3. The first-order valence-electron chi connectivity index (χ1n) is 6.23. The largest absolute Gasteiger partial charge is 0.357 e. The van der Waals surface area contributed by atoms with Gasteiger partial charge in [0.2, 0.25) is 0 Å². The van der Waals surface area contributed by atoms with E-state index >= 15 is 0 Å². The number of aryl methyl sites for hydroxylation is 1. The molecular weight excluding hydrogens is 335 g/mol. The van der Waals surface area contributed by atoms with E-state index in [-0.39, 0.29) is 11.3 Å². The van der Waals surface area contributed by atoms with Crippen molar-refractivity contribution in [2.45, 2.75) is 32.4 Å². The van der Waals surface area contributed by atoms with Gasteiger partial charge in [-0.05, 0) is 42.1 Å². The minimum Gasteiger partial charge on any atom is -0.357 e. The molecule has 0 bridgehead atoms. The molecule has 1 aliphatic heterocycles. The number of fused-ring (bicyclic) bond motifs is 1. The van der Waals surface area contributed by atoms with Crippen molar-refractivity contribution in [1.29, 1.82) is 0 Å². The zero-order valence-electron chi connectivity index (χ0n) is 10.4. The summed E-state index contributed by atoms with van der Waals surface area (Å²) in [5.74, 6) is -0.421. The Morgan fingerprint density at radius 2 is 2.32 bits per heavy atom. The van der Waals surface area contributed by atoms with Gasteiger partial charge in [-0.25, -0.2) is 9.07 Å². The van der Waals surface area contributed by atoms with Gasteiger partial charge in [-0.15, -0.1) is 0 Å². The van der Waals surface area contributed by atoms with Gasteiger partial charge in [0, 0.05) is 23.8 Å². The normalized spacial score (nSPS) is 20.1. The molecule has 3 rings (SSSR count). The van der Waals surface area contributed by atoms with Gasteiger partial charge in [0.1, 0.15) is 12.0 Å². The maximum atomic E-state index is 13.9. The van der Waals surface area contributed by atoms with Crippen molar-refractivity contribution in [3.8, 4) is 0 Å². The molecule has 1 atom stereocenters. The predicted octanol–water partition coefficient (Wildman–Crippen LogP) is 4.60. The third-order valence-corrected chi connectivity index (χ3v) is 4.90. The van der Waals surface area contributed by atoms with Crippen LogP contribution in [0.5, 0.6) is 0 Å². The summed E-state index contributed by atoms with van der Waals surface area (Å²) in [5, 5.41) is 5.39. The summed E-state index contributed by atoms with van der Waals surface area (Å²) in [6.07, 6.45) is 4.94. The van der Waals surface area contributed by atoms with Crippen LogP contribution in [0.2, 0.25) is 5.02 Å². The number of nitrogens with zero attached hydrogens (tertiary/aromatic N) is 2. The summed E-state index contributed by atoms with van der Waals surface area (Å²) in [5.41, 5.74) is 1.10. The zero-order chi connectivity index (χ0) is 13.6. The van der Waals surface area contributed by atoms with Crippen molar-refractivity contribution < 1.29 is 9.13 Å². The molecule has 1 aromatic carbocycles. The second-order valence-electron chi connectivity index (χ2n) is 4.76. The molecule has 0 spiro atoms. The van der Waals surface area contributed by atoms with Gasteiger partial charge in [0.05, 0.1) is 15.0 Å². The van der Waals surface area contributed by atoms with E-state index in [4.69, 9.17) is 16.3 Å². The molecular formula is C13H13BrClFN2O. The number of aromatic nitrogens is 2. The summed E-state index contributed by atoms with van der Waals surface area (Å²) in [6, 6.07) is 0. The number of benzene rings is 1. The molecule has 6 heteroatoms. The van der Waals surface area contributed by atoms with Crippen molar-refractivity contribution >= 4 is 38.4 Å². The monoisotopic (exact) mass is 346 g/mol. The average molecular weight is 348 g/mol. The molecule has 1 saturated heterocycles.